The first-order chi connectivity index (χ1) is 8.25. The molecular formula is C15H20BrCl. The highest BCUT2D eigenvalue weighted by atomic mass is 79.9. The van der Waals surface area contributed by atoms with Gasteiger partial charge in [-0.15, -0.1) is 11.6 Å². The number of hydrogen-bond acceptors (Lipinski definition) is 0. The second kappa shape index (κ2) is 6.80. The monoisotopic (exact) mass is 314 g/mol. The molecule has 0 radical (unpaired) electrons. The van der Waals surface area contributed by atoms with Crippen molar-refractivity contribution < 1.29 is 0 Å². The summed E-state index contributed by atoms with van der Waals surface area (Å²) < 4.78 is 1.12. The molecule has 1 saturated carbocycles. The van der Waals surface area contributed by atoms with E-state index in [1.165, 1.54) is 44.1 Å². The van der Waals surface area contributed by atoms with Gasteiger partial charge < -0.3 is 0 Å². The quantitative estimate of drug-likeness (QED) is 0.467. The molecule has 1 aromatic carbocycles. The lowest BCUT2D eigenvalue weighted by molar-refractivity contribution is 0.423. The Morgan fingerprint density at radius 1 is 1.06 bits per heavy atom. The molecule has 0 spiro atoms. The fraction of sp³-hybridized carbons (Fsp3) is 0.600. The number of benzene rings is 1. The van der Waals surface area contributed by atoms with E-state index in [1.807, 2.05) is 0 Å². The van der Waals surface area contributed by atoms with Crippen LogP contribution in [0.2, 0.25) is 0 Å². The van der Waals surface area contributed by atoms with E-state index in [9.17, 15) is 0 Å². The van der Waals surface area contributed by atoms with Crippen molar-refractivity contribution in [1.29, 1.82) is 0 Å². The van der Waals surface area contributed by atoms with Gasteiger partial charge in [0, 0.05) is 4.47 Å². The molecule has 0 bridgehead atoms. The van der Waals surface area contributed by atoms with E-state index in [1.54, 1.807) is 0 Å². The number of alkyl halides is 1. The SMILES string of the molecule is ClC(CC1CCCCCC1)c1ccc(Br)cc1. The van der Waals surface area contributed by atoms with E-state index in [4.69, 9.17) is 11.6 Å². The minimum Gasteiger partial charge on any atom is -0.118 e. The molecule has 1 aromatic rings. The number of hydrogen-bond donors (Lipinski definition) is 0. The Hall–Kier alpha value is -0.0100. The summed E-state index contributed by atoms with van der Waals surface area (Å²) in [6.45, 7) is 0. The van der Waals surface area contributed by atoms with Crippen LogP contribution < -0.4 is 0 Å². The lowest BCUT2D eigenvalue weighted by Gasteiger charge is -2.18. The Balaban J connectivity index is 1.91. The summed E-state index contributed by atoms with van der Waals surface area (Å²) >= 11 is 9.99. The van der Waals surface area contributed by atoms with Crippen molar-refractivity contribution in [3.63, 3.8) is 0 Å². The summed E-state index contributed by atoms with van der Waals surface area (Å²) in [5.74, 6) is 0.837. The van der Waals surface area contributed by atoms with Crippen molar-refractivity contribution in [3.05, 3.63) is 34.3 Å². The molecule has 0 heterocycles. The van der Waals surface area contributed by atoms with Gasteiger partial charge in [0.05, 0.1) is 5.38 Å². The van der Waals surface area contributed by atoms with Crippen molar-refractivity contribution in [2.75, 3.05) is 0 Å². The van der Waals surface area contributed by atoms with Crippen LogP contribution in [0.5, 0.6) is 0 Å². The largest absolute Gasteiger partial charge is 0.118 e. The Bertz CT molecular complexity index is 325. The minimum absolute atomic E-state index is 0.186. The predicted molar refractivity (Wildman–Crippen MR) is 78.5 cm³/mol. The topological polar surface area (TPSA) is 0 Å². The van der Waals surface area contributed by atoms with Crippen LogP contribution in [0.25, 0.3) is 0 Å². The lowest BCUT2D eigenvalue weighted by Crippen LogP contribution is -2.03. The maximum atomic E-state index is 6.53. The number of rotatable bonds is 3. The van der Waals surface area contributed by atoms with Crippen LogP contribution in [0.3, 0.4) is 0 Å². The van der Waals surface area contributed by atoms with Gasteiger partial charge in [0.2, 0.25) is 0 Å². The zero-order valence-corrected chi connectivity index (χ0v) is 12.5. The van der Waals surface area contributed by atoms with E-state index in [2.05, 4.69) is 40.2 Å². The molecule has 0 amide bonds. The van der Waals surface area contributed by atoms with Crippen LogP contribution in [-0.2, 0) is 0 Å². The van der Waals surface area contributed by atoms with Gasteiger partial charge in [0.1, 0.15) is 0 Å². The van der Waals surface area contributed by atoms with E-state index >= 15 is 0 Å². The molecular weight excluding hydrogens is 296 g/mol. The highest BCUT2D eigenvalue weighted by Crippen LogP contribution is 2.34. The van der Waals surface area contributed by atoms with Gasteiger partial charge in [-0.2, -0.15) is 0 Å². The molecule has 2 rings (SSSR count). The Labute approximate surface area is 118 Å². The Morgan fingerprint density at radius 2 is 1.65 bits per heavy atom. The zero-order valence-electron chi connectivity index (χ0n) is 10.2. The standard InChI is InChI=1S/C15H20BrCl/c16-14-9-7-13(8-10-14)15(17)11-12-5-3-1-2-4-6-12/h7-10,12,15H,1-6,11H2. The number of halogens is 2. The van der Waals surface area contributed by atoms with Crippen LogP contribution in [0, 0.1) is 5.92 Å². The molecule has 0 aromatic heterocycles. The van der Waals surface area contributed by atoms with Gasteiger partial charge in [0.15, 0.2) is 0 Å². The van der Waals surface area contributed by atoms with Gasteiger partial charge in [-0.3, -0.25) is 0 Å². The van der Waals surface area contributed by atoms with Crippen molar-refractivity contribution in [1.82, 2.24) is 0 Å². The summed E-state index contributed by atoms with van der Waals surface area (Å²) in [5, 5.41) is 0.186. The third-order valence-electron chi connectivity index (χ3n) is 3.75. The highest BCUT2D eigenvalue weighted by molar-refractivity contribution is 9.10. The third kappa shape index (κ3) is 4.30. The van der Waals surface area contributed by atoms with Crippen LogP contribution in [0.4, 0.5) is 0 Å². The van der Waals surface area contributed by atoms with E-state index in [-0.39, 0.29) is 5.38 Å². The van der Waals surface area contributed by atoms with E-state index < -0.39 is 0 Å². The minimum atomic E-state index is 0.186. The fourth-order valence-corrected chi connectivity index (χ4v) is 3.36. The van der Waals surface area contributed by atoms with Gasteiger partial charge in [-0.05, 0) is 30.0 Å². The molecule has 0 nitrogen and oxygen atoms in total. The molecule has 17 heavy (non-hydrogen) atoms. The summed E-state index contributed by atoms with van der Waals surface area (Å²) in [7, 11) is 0. The molecule has 1 unspecified atom stereocenters. The maximum absolute atomic E-state index is 6.53. The summed E-state index contributed by atoms with van der Waals surface area (Å²) in [6.07, 6.45) is 9.52. The molecule has 0 saturated heterocycles. The molecule has 0 aliphatic heterocycles. The molecule has 1 aliphatic carbocycles. The second-order valence-corrected chi connectivity index (χ2v) is 6.55. The molecule has 1 aliphatic rings. The first-order valence-electron chi connectivity index (χ1n) is 6.65. The second-order valence-electron chi connectivity index (χ2n) is 5.11. The average molecular weight is 316 g/mol. The van der Waals surface area contributed by atoms with Crippen LogP contribution in [0.1, 0.15) is 55.9 Å². The van der Waals surface area contributed by atoms with Crippen molar-refractivity contribution in [3.8, 4) is 0 Å². The first kappa shape index (κ1) is 13.4. The molecule has 0 N–H and O–H groups in total. The van der Waals surface area contributed by atoms with Crippen molar-refractivity contribution >= 4 is 27.5 Å². The van der Waals surface area contributed by atoms with E-state index in [0.29, 0.717) is 0 Å². The molecule has 1 fully saturated rings. The van der Waals surface area contributed by atoms with Gasteiger partial charge in [-0.25, -0.2) is 0 Å². The zero-order chi connectivity index (χ0) is 12.1. The summed E-state index contributed by atoms with van der Waals surface area (Å²) in [4.78, 5) is 0. The van der Waals surface area contributed by atoms with E-state index in [0.717, 1.165) is 16.8 Å². The molecule has 2 heteroatoms. The average Bonchev–Trinajstić information content (AvgIpc) is 2.58. The Kier molecular flexibility index (Phi) is 5.37. The fourth-order valence-electron chi connectivity index (χ4n) is 2.70. The third-order valence-corrected chi connectivity index (χ3v) is 4.71. The van der Waals surface area contributed by atoms with Gasteiger partial charge in [0.25, 0.3) is 0 Å². The van der Waals surface area contributed by atoms with Crippen molar-refractivity contribution in [2.45, 2.75) is 50.3 Å². The van der Waals surface area contributed by atoms with Gasteiger partial charge in [-0.1, -0.05) is 66.6 Å². The molecule has 94 valence electrons. The summed E-state index contributed by atoms with van der Waals surface area (Å²) in [6, 6.07) is 8.44. The van der Waals surface area contributed by atoms with Crippen LogP contribution in [-0.4, -0.2) is 0 Å². The van der Waals surface area contributed by atoms with Crippen molar-refractivity contribution in [2.24, 2.45) is 5.92 Å². The first-order valence-corrected chi connectivity index (χ1v) is 7.88. The summed E-state index contributed by atoms with van der Waals surface area (Å²) in [5.41, 5.74) is 1.26. The lowest BCUT2D eigenvalue weighted by atomic mass is 9.92. The van der Waals surface area contributed by atoms with Gasteiger partial charge >= 0.3 is 0 Å². The Morgan fingerprint density at radius 3 is 2.24 bits per heavy atom. The van der Waals surface area contributed by atoms with Crippen LogP contribution in [0.15, 0.2) is 28.7 Å². The normalized spacial score (nSPS) is 19.9. The molecule has 1 atom stereocenters. The smallest absolute Gasteiger partial charge is 0.0587 e. The maximum Gasteiger partial charge on any atom is 0.0587 e. The highest BCUT2D eigenvalue weighted by Gasteiger charge is 2.17. The predicted octanol–water partition coefficient (Wildman–Crippen LogP) is 6.09. The van der Waals surface area contributed by atoms with Crippen LogP contribution >= 0.6 is 27.5 Å².